The third-order valence-electron chi connectivity index (χ3n) is 5.66. The van der Waals surface area contributed by atoms with Gasteiger partial charge in [0.25, 0.3) is 5.91 Å². The highest BCUT2D eigenvalue weighted by Crippen LogP contribution is 2.31. The summed E-state index contributed by atoms with van der Waals surface area (Å²) in [5, 5.41) is 3.79. The van der Waals surface area contributed by atoms with Crippen LogP contribution in [0.15, 0.2) is 71.6 Å². The molecule has 0 bridgehead atoms. The summed E-state index contributed by atoms with van der Waals surface area (Å²) in [7, 11) is -3.59. The van der Waals surface area contributed by atoms with Crippen LogP contribution >= 0.6 is 11.3 Å². The molecule has 0 unspecified atom stereocenters. The van der Waals surface area contributed by atoms with Gasteiger partial charge in [0.05, 0.1) is 28.3 Å². The number of rotatable bonds is 5. The first-order chi connectivity index (χ1) is 16.4. The van der Waals surface area contributed by atoms with Crippen LogP contribution in [0.25, 0.3) is 20.8 Å². The van der Waals surface area contributed by atoms with Gasteiger partial charge in [0.15, 0.2) is 0 Å². The second kappa shape index (κ2) is 9.27. The zero-order valence-electron chi connectivity index (χ0n) is 18.5. The van der Waals surface area contributed by atoms with Crippen molar-refractivity contribution in [2.75, 3.05) is 31.6 Å². The Morgan fingerprint density at radius 3 is 2.41 bits per heavy atom. The van der Waals surface area contributed by atoms with Crippen LogP contribution in [0.4, 0.5) is 5.69 Å². The van der Waals surface area contributed by atoms with Gasteiger partial charge in [0.1, 0.15) is 5.01 Å². The van der Waals surface area contributed by atoms with Gasteiger partial charge in [-0.3, -0.25) is 4.79 Å². The Labute approximate surface area is 202 Å². The summed E-state index contributed by atoms with van der Waals surface area (Å²) in [5.41, 5.74) is 4.19. The molecular formula is C25H23N3O4S2. The highest BCUT2D eigenvalue weighted by atomic mass is 32.2. The molecule has 1 aromatic heterocycles. The molecule has 0 atom stereocenters. The van der Waals surface area contributed by atoms with Crippen LogP contribution in [0.2, 0.25) is 0 Å². The second-order valence-corrected chi connectivity index (χ2v) is 11.0. The first kappa shape index (κ1) is 22.7. The van der Waals surface area contributed by atoms with E-state index in [0.29, 0.717) is 37.6 Å². The van der Waals surface area contributed by atoms with Crippen molar-refractivity contribution in [1.82, 2.24) is 9.29 Å². The molecule has 9 heteroatoms. The largest absolute Gasteiger partial charge is 0.379 e. The van der Waals surface area contributed by atoms with Crippen LogP contribution < -0.4 is 5.32 Å². The predicted octanol–water partition coefficient (Wildman–Crippen LogP) is 4.54. The Kier molecular flexibility index (Phi) is 6.18. The van der Waals surface area contributed by atoms with Gasteiger partial charge in [-0.15, -0.1) is 11.3 Å². The van der Waals surface area contributed by atoms with E-state index in [1.54, 1.807) is 11.3 Å². The Balaban J connectivity index is 1.27. The number of ether oxygens (including phenoxy) is 1. The summed E-state index contributed by atoms with van der Waals surface area (Å²) < 4.78 is 33.3. The number of aromatic nitrogens is 1. The molecule has 34 heavy (non-hydrogen) atoms. The molecule has 1 amide bonds. The Hall–Kier alpha value is -3.11. The third-order valence-corrected chi connectivity index (χ3v) is 8.64. The van der Waals surface area contributed by atoms with E-state index in [-0.39, 0.29) is 10.8 Å². The van der Waals surface area contributed by atoms with E-state index in [4.69, 9.17) is 9.72 Å². The number of benzene rings is 3. The number of hydrogen-bond donors (Lipinski definition) is 1. The monoisotopic (exact) mass is 493 g/mol. The summed E-state index contributed by atoms with van der Waals surface area (Å²) in [6, 6.07) is 19.7. The van der Waals surface area contributed by atoms with E-state index in [1.165, 1.54) is 34.1 Å². The Morgan fingerprint density at radius 2 is 1.71 bits per heavy atom. The van der Waals surface area contributed by atoms with Crippen molar-refractivity contribution in [2.45, 2.75) is 11.8 Å². The Bertz CT molecular complexity index is 1440. The lowest BCUT2D eigenvalue weighted by Gasteiger charge is -2.26. The van der Waals surface area contributed by atoms with Crippen LogP contribution in [-0.4, -0.2) is 49.9 Å². The number of morpholine rings is 1. The summed E-state index contributed by atoms with van der Waals surface area (Å²) in [5.74, 6) is -0.307. The number of anilines is 1. The first-order valence-electron chi connectivity index (χ1n) is 10.9. The number of carbonyl (C=O) groups excluding carboxylic acids is 1. The van der Waals surface area contributed by atoms with Crippen LogP contribution in [0, 0.1) is 6.92 Å². The zero-order chi connectivity index (χ0) is 23.7. The third kappa shape index (κ3) is 4.60. The average Bonchev–Trinajstić information content (AvgIpc) is 3.28. The zero-order valence-corrected chi connectivity index (χ0v) is 20.2. The van der Waals surface area contributed by atoms with E-state index in [1.807, 2.05) is 30.3 Å². The fourth-order valence-electron chi connectivity index (χ4n) is 3.77. The van der Waals surface area contributed by atoms with Crippen LogP contribution in [0.1, 0.15) is 15.9 Å². The van der Waals surface area contributed by atoms with Crippen molar-refractivity contribution >= 4 is 43.2 Å². The lowest BCUT2D eigenvalue weighted by Crippen LogP contribution is -2.40. The van der Waals surface area contributed by atoms with Gasteiger partial charge >= 0.3 is 0 Å². The summed E-state index contributed by atoms with van der Waals surface area (Å²) in [6.45, 7) is 3.50. The molecule has 0 aliphatic carbocycles. The maximum atomic E-state index is 12.7. The topological polar surface area (TPSA) is 88.6 Å². The SMILES string of the molecule is Cc1ccc2nc(-c3ccc(NC(=O)c4ccc(S(=O)(=O)N5CCOCC5)cc4)cc3)sc2c1. The van der Waals surface area contributed by atoms with Gasteiger partial charge < -0.3 is 10.1 Å². The van der Waals surface area contributed by atoms with Gasteiger partial charge in [-0.05, 0) is 73.2 Å². The van der Waals surface area contributed by atoms with Crippen molar-refractivity contribution < 1.29 is 17.9 Å². The number of nitrogens with zero attached hydrogens (tertiary/aromatic N) is 2. The lowest BCUT2D eigenvalue weighted by atomic mass is 10.2. The molecule has 3 aromatic carbocycles. The van der Waals surface area contributed by atoms with Crippen molar-refractivity contribution in [3.8, 4) is 10.6 Å². The molecule has 0 saturated carbocycles. The van der Waals surface area contributed by atoms with Gasteiger partial charge in [-0.25, -0.2) is 13.4 Å². The maximum Gasteiger partial charge on any atom is 0.255 e. The van der Waals surface area contributed by atoms with Gasteiger partial charge in [0, 0.05) is 29.9 Å². The number of nitrogens with one attached hydrogen (secondary N) is 1. The predicted molar refractivity (Wildman–Crippen MR) is 134 cm³/mol. The normalized spacial score (nSPS) is 14.9. The van der Waals surface area contributed by atoms with Gasteiger partial charge in [-0.1, -0.05) is 6.07 Å². The minimum Gasteiger partial charge on any atom is -0.379 e. The maximum absolute atomic E-state index is 12.7. The van der Waals surface area contributed by atoms with Gasteiger partial charge in [0.2, 0.25) is 10.0 Å². The summed E-state index contributed by atoms with van der Waals surface area (Å²) in [6.07, 6.45) is 0. The number of sulfonamides is 1. The first-order valence-corrected chi connectivity index (χ1v) is 13.1. The number of hydrogen-bond acceptors (Lipinski definition) is 6. The van der Waals surface area contributed by atoms with Crippen molar-refractivity contribution in [3.63, 3.8) is 0 Å². The summed E-state index contributed by atoms with van der Waals surface area (Å²) in [4.78, 5) is 17.5. The highest BCUT2D eigenvalue weighted by Gasteiger charge is 2.26. The van der Waals surface area contributed by atoms with E-state index in [9.17, 15) is 13.2 Å². The molecule has 2 heterocycles. The molecule has 1 aliphatic heterocycles. The molecular weight excluding hydrogens is 470 g/mol. The molecule has 5 rings (SSSR count). The van der Waals surface area contributed by atoms with E-state index >= 15 is 0 Å². The fourth-order valence-corrected chi connectivity index (χ4v) is 6.25. The molecule has 1 N–H and O–H groups in total. The van der Waals surface area contributed by atoms with Crippen molar-refractivity contribution in [3.05, 3.63) is 77.9 Å². The minimum absolute atomic E-state index is 0.168. The molecule has 0 spiro atoms. The van der Waals surface area contributed by atoms with Crippen LogP contribution in [0.5, 0.6) is 0 Å². The van der Waals surface area contributed by atoms with Crippen LogP contribution in [-0.2, 0) is 14.8 Å². The molecule has 1 saturated heterocycles. The van der Waals surface area contributed by atoms with Crippen molar-refractivity contribution in [1.29, 1.82) is 0 Å². The number of aryl methyl sites for hydroxylation is 1. The average molecular weight is 494 g/mol. The molecule has 1 fully saturated rings. The highest BCUT2D eigenvalue weighted by molar-refractivity contribution is 7.89. The van der Waals surface area contributed by atoms with Gasteiger partial charge in [-0.2, -0.15) is 4.31 Å². The molecule has 4 aromatic rings. The van der Waals surface area contributed by atoms with Crippen molar-refractivity contribution in [2.24, 2.45) is 0 Å². The minimum atomic E-state index is -3.59. The number of amides is 1. The quantitative estimate of drug-likeness (QED) is 0.441. The fraction of sp³-hybridized carbons (Fsp3) is 0.200. The second-order valence-electron chi connectivity index (χ2n) is 8.06. The molecule has 0 radical (unpaired) electrons. The molecule has 174 valence electrons. The lowest BCUT2D eigenvalue weighted by molar-refractivity contribution is 0.0730. The van der Waals surface area contributed by atoms with E-state index < -0.39 is 10.0 Å². The standard InChI is InChI=1S/C25H23N3O4S2/c1-17-2-11-22-23(16-17)33-25(27-22)19-3-7-20(8-4-19)26-24(29)18-5-9-21(10-6-18)34(30,31)28-12-14-32-15-13-28/h2-11,16H,12-15H2,1H3,(H,26,29). The van der Waals surface area contributed by atoms with Crippen LogP contribution in [0.3, 0.4) is 0 Å². The molecule has 7 nitrogen and oxygen atoms in total. The summed E-state index contributed by atoms with van der Waals surface area (Å²) >= 11 is 1.64. The number of carbonyl (C=O) groups is 1. The van der Waals surface area contributed by atoms with E-state index in [0.717, 1.165) is 20.8 Å². The number of thiazole rings is 1. The van der Waals surface area contributed by atoms with E-state index in [2.05, 4.69) is 24.4 Å². The Morgan fingerprint density at radius 1 is 1.00 bits per heavy atom. The smallest absolute Gasteiger partial charge is 0.255 e. The molecule has 1 aliphatic rings. The number of fused-ring (bicyclic) bond motifs is 1.